The summed E-state index contributed by atoms with van der Waals surface area (Å²) < 4.78 is 1.66. The van der Waals surface area contributed by atoms with Crippen molar-refractivity contribution in [1.29, 1.82) is 0 Å². The number of aliphatic hydroxyl groups excluding tert-OH is 1. The molecule has 3 heterocycles. The number of hydrogen-bond donors (Lipinski definition) is 2. The molecule has 0 atom stereocenters. The Balaban J connectivity index is 1.49. The van der Waals surface area contributed by atoms with Crippen LogP contribution in [0.5, 0.6) is 0 Å². The second-order valence-electron chi connectivity index (χ2n) is 8.81. The van der Waals surface area contributed by atoms with Gasteiger partial charge in [0, 0.05) is 25.3 Å². The highest BCUT2D eigenvalue weighted by atomic mass is 16.3. The summed E-state index contributed by atoms with van der Waals surface area (Å²) in [5.41, 5.74) is 1.14. The molecule has 0 radical (unpaired) electrons. The third-order valence-corrected chi connectivity index (χ3v) is 6.55. The van der Waals surface area contributed by atoms with Crippen molar-refractivity contribution in [1.82, 2.24) is 9.55 Å². The van der Waals surface area contributed by atoms with Crippen LogP contribution in [-0.2, 0) is 0 Å². The monoisotopic (exact) mass is 424 g/mol. The highest BCUT2D eigenvalue weighted by Crippen LogP contribution is 2.27. The zero-order valence-electron chi connectivity index (χ0n) is 18.2. The minimum atomic E-state index is -0.406. The number of rotatable bonds is 4. The van der Waals surface area contributed by atoms with Gasteiger partial charge in [0.2, 0.25) is 0 Å². The average molecular weight is 425 g/mol. The predicted molar refractivity (Wildman–Crippen MR) is 122 cm³/mol. The molecule has 2 N–H and O–H groups in total. The number of aliphatic hydroxyl groups is 1. The van der Waals surface area contributed by atoms with E-state index in [1.165, 1.54) is 25.7 Å². The standard InChI is InChI=1S/C24H32N4O3/c1-17-12-15-28(19-7-9-20(29)10-8-19)24(31)22(17)23(30)26-18-6-11-21(25-16-18)27-13-4-2-3-5-14-27/h6,11-12,15-16,19-20,29H,2-5,7-10,13-14H2,1H3,(H,26,30). The molecule has 0 unspecified atom stereocenters. The number of pyridine rings is 2. The first kappa shape index (κ1) is 21.6. The maximum absolute atomic E-state index is 13.1. The van der Waals surface area contributed by atoms with Gasteiger partial charge in [0.15, 0.2) is 0 Å². The molecule has 4 rings (SSSR count). The van der Waals surface area contributed by atoms with Gasteiger partial charge in [-0.05, 0) is 69.2 Å². The minimum Gasteiger partial charge on any atom is -0.393 e. The maximum Gasteiger partial charge on any atom is 0.263 e. The molecular weight excluding hydrogens is 392 g/mol. The molecule has 2 aromatic rings. The van der Waals surface area contributed by atoms with Gasteiger partial charge >= 0.3 is 0 Å². The molecule has 31 heavy (non-hydrogen) atoms. The molecule has 0 aromatic carbocycles. The fourth-order valence-electron chi connectivity index (χ4n) is 4.68. The van der Waals surface area contributed by atoms with Gasteiger partial charge in [0.05, 0.1) is 18.0 Å². The van der Waals surface area contributed by atoms with E-state index in [0.29, 0.717) is 24.1 Å². The Bertz CT molecular complexity index is 954. The maximum atomic E-state index is 13.1. The fraction of sp³-hybridized carbons (Fsp3) is 0.542. The molecule has 2 fully saturated rings. The van der Waals surface area contributed by atoms with Gasteiger partial charge in [-0.3, -0.25) is 9.59 Å². The lowest BCUT2D eigenvalue weighted by Gasteiger charge is -2.27. The summed E-state index contributed by atoms with van der Waals surface area (Å²) in [6.07, 6.45) is 10.9. The zero-order valence-corrected chi connectivity index (χ0v) is 18.2. The number of aryl methyl sites for hydroxylation is 1. The summed E-state index contributed by atoms with van der Waals surface area (Å²) in [6, 6.07) is 5.63. The molecule has 2 aromatic heterocycles. The molecule has 166 valence electrons. The Morgan fingerprint density at radius 3 is 2.42 bits per heavy atom. The third-order valence-electron chi connectivity index (χ3n) is 6.55. The summed E-state index contributed by atoms with van der Waals surface area (Å²) >= 11 is 0. The van der Waals surface area contributed by atoms with Crippen LogP contribution in [0.15, 0.2) is 35.4 Å². The van der Waals surface area contributed by atoms with Gasteiger partial charge < -0.3 is 19.9 Å². The molecule has 7 nitrogen and oxygen atoms in total. The number of hydrogen-bond acceptors (Lipinski definition) is 5. The van der Waals surface area contributed by atoms with Crippen molar-refractivity contribution in [2.75, 3.05) is 23.3 Å². The second kappa shape index (κ2) is 9.64. The van der Waals surface area contributed by atoms with Gasteiger partial charge in [-0.15, -0.1) is 0 Å². The summed E-state index contributed by atoms with van der Waals surface area (Å²) in [5, 5.41) is 12.6. The molecule has 2 aliphatic rings. The largest absolute Gasteiger partial charge is 0.393 e. The predicted octanol–water partition coefficient (Wildman–Crippen LogP) is 3.66. The number of anilines is 2. The number of nitrogens with zero attached hydrogens (tertiary/aromatic N) is 3. The van der Waals surface area contributed by atoms with Crippen molar-refractivity contribution in [2.24, 2.45) is 0 Å². The molecule has 1 saturated heterocycles. The van der Waals surface area contributed by atoms with E-state index in [1.54, 1.807) is 23.9 Å². The molecule has 1 amide bonds. The lowest BCUT2D eigenvalue weighted by atomic mass is 9.92. The molecular formula is C24H32N4O3. The van der Waals surface area contributed by atoms with Crippen LogP contribution < -0.4 is 15.8 Å². The number of nitrogens with one attached hydrogen (secondary N) is 1. The fourth-order valence-corrected chi connectivity index (χ4v) is 4.68. The van der Waals surface area contributed by atoms with Crippen molar-refractivity contribution in [2.45, 2.75) is 70.4 Å². The summed E-state index contributed by atoms with van der Waals surface area (Å²) in [4.78, 5) is 32.9. The van der Waals surface area contributed by atoms with E-state index in [1.807, 2.05) is 18.2 Å². The Kier molecular flexibility index (Phi) is 6.70. The first-order valence-corrected chi connectivity index (χ1v) is 11.4. The van der Waals surface area contributed by atoms with Crippen molar-refractivity contribution >= 4 is 17.4 Å². The average Bonchev–Trinajstić information content (AvgIpc) is 3.05. The molecule has 1 aliphatic heterocycles. The number of aromatic nitrogens is 2. The SMILES string of the molecule is Cc1ccn(C2CCC(O)CC2)c(=O)c1C(=O)Nc1ccc(N2CCCCCC2)nc1. The highest BCUT2D eigenvalue weighted by Gasteiger charge is 2.24. The smallest absolute Gasteiger partial charge is 0.263 e. The van der Waals surface area contributed by atoms with Crippen molar-refractivity contribution in [3.05, 3.63) is 52.1 Å². The van der Waals surface area contributed by atoms with Gasteiger partial charge in [0.25, 0.3) is 11.5 Å². The third kappa shape index (κ3) is 4.98. The molecule has 1 aliphatic carbocycles. The van der Waals surface area contributed by atoms with Crippen LogP contribution in [-0.4, -0.2) is 39.8 Å². The number of amides is 1. The first-order chi connectivity index (χ1) is 15.0. The van der Waals surface area contributed by atoms with Crippen LogP contribution >= 0.6 is 0 Å². The summed E-state index contributed by atoms with van der Waals surface area (Å²) in [7, 11) is 0. The lowest BCUT2D eigenvalue weighted by molar-refractivity contribution is 0.101. The van der Waals surface area contributed by atoms with Crippen molar-refractivity contribution in [3.63, 3.8) is 0 Å². The quantitative estimate of drug-likeness (QED) is 0.782. The van der Waals surface area contributed by atoms with Crippen LogP contribution in [0.2, 0.25) is 0 Å². The summed E-state index contributed by atoms with van der Waals surface area (Å²) in [5.74, 6) is 0.523. The van der Waals surface area contributed by atoms with E-state index in [-0.39, 0.29) is 23.3 Å². The van der Waals surface area contributed by atoms with Crippen LogP contribution in [0.3, 0.4) is 0 Å². The second-order valence-corrected chi connectivity index (χ2v) is 8.81. The number of carbonyl (C=O) groups excluding carboxylic acids is 1. The van der Waals surface area contributed by atoms with E-state index < -0.39 is 5.91 Å². The molecule has 7 heteroatoms. The van der Waals surface area contributed by atoms with E-state index in [0.717, 1.165) is 31.7 Å². The Labute approximate surface area is 183 Å². The van der Waals surface area contributed by atoms with Crippen LogP contribution in [0.25, 0.3) is 0 Å². The van der Waals surface area contributed by atoms with E-state index in [4.69, 9.17) is 0 Å². The van der Waals surface area contributed by atoms with Gasteiger partial charge in [0.1, 0.15) is 11.4 Å². The highest BCUT2D eigenvalue weighted by molar-refractivity contribution is 6.04. The normalized spacial score (nSPS) is 22.1. The van der Waals surface area contributed by atoms with Gasteiger partial charge in [-0.1, -0.05) is 12.8 Å². The van der Waals surface area contributed by atoms with Crippen LogP contribution in [0, 0.1) is 6.92 Å². The first-order valence-electron chi connectivity index (χ1n) is 11.4. The Morgan fingerprint density at radius 2 is 1.77 bits per heavy atom. The zero-order chi connectivity index (χ0) is 21.8. The lowest BCUT2D eigenvalue weighted by Crippen LogP contribution is -2.34. The Hall–Kier alpha value is -2.67. The van der Waals surface area contributed by atoms with Crippen molar-refractivity contribution in [3.8, 4) is 0 Å². The van der Waals surface area contributed by atoms with E-state index >= 15 is 0 Å². The van der Waals surface area contributed by atoms with Crippen LogP contribution in [0.1, 0.15) is 73.3 Å². The summed E-state index contributed by atoms with van der Waals surface area (Å²) in [6.45, 7) is 3.81. The van der Waals surface area contributed by atoms with E-state index in [9.17, 15) is 14.7 Å². The Morgan fingerprint density at radius 1 is 1.06 bits per heavy atom. The molecule has 0 bridgehead atoms. The molecule has 1 saturated carbocycles. The minimum absolute atomic E-state index is 0.0256. The van der Waals surface area contributed by atoms with E-state index in [2.05, 4.69) is 15.2 Å². The van der Waals surface area contributed by atoms with Crippen LogP contribution in [0.4, 0.5) is 11.5 Å². The number of carbonyl (C=O) groups is 1. The molecule has 0 spiro atoms. The topological polar surface area (TPSA) is 87.5 Å². The van der Waals surface area contributed by atoms with Gasteiger partial charge in [-0.2, -0.15) is 0 Å². The van der Waals surface area contributed by atoms with Gasteiger partial charge in [-0.25, -0.2) is 4.98 Å². The van der Waals surface area contributed by atoms with Crippen molar-refractivity contribution < 1.29 is 9.90 Å².